The summed E-state index contributed by atoms with van der Waals surface area (Å²) in [7, 11) is 0. The Morgan fingerprint density at radius 1 is 1.22 bits per heavy atom. The highest BCUT2D eigenvalue weighted by molar-refractivity contribution is 5.95. The van der Waals surface area contributed by atoms with Gasteiger partial charge in [-0.15, -0.1) is 10.2 Å². The van der Waals surface area contributed by atoms with Crippen molar-refractivity contribution in [3.05, 3.63) is 70.3 Å². The smallest absolute Gasteiger partial charge is 0.270 e. The summed E-state index contributed by atoms with van der Waals surface area (Å²) in [4.78, 5) is 22.7. The van der Waals surface area contributed by atoms with Gasteiger partial charge >= 0.3 is 0 Å². The highest BCUT2D eigenvalue weighted by atomic mass is 79.9. The molecule has 0 saturated heterocycles. The number of nitrogens with zero attached hydrogens (tertiary/aromatic N) is 5. The van der Waals surface area contributed by atoms with Crippen LogP contribution < -0.4 is 21.5 Å². The van der Waals surface area contributed by atoms with Gasteiger partial charge in [0, 0.05) is 48.4 Å². The SMILES string of the molecule is O=C(C[n+]1ccc(-c2nnc3n2CCC3)cc1)c1cccc([N+](=O)[O-])c1.[Br-]. The summed E-state index contributed by atoms with van der Waals surface area (Å²) in [6.07, 6.45) is 5.66. The Labute approximate surface area is 165 Å². The number of hydrogen-bond donors (Lipinski definition) is 0. The van der Waals surface area contributed by atoms with Gasteiger partial charge in [-0.25, -0.2) is 0 Å². The van der Waals surface area contributed by atoms with Crippen LogP contribution in [0.15, 0.2) is 48.8 Å². The number of aryl methyl sites for hydroxylation is 1. The van der Waals surface area contributed by atoms with E-state index < -0.39 is 4.92 Å². The van der Waals surface area contributed by atoms with Crippen molar-refractivity contribution in [2.45, 2.75) is 25.9 Å². The van der Waals surface area contributed by atoms with Gasteiger partial charge in [0.2, 0.25) is 12.3 Å². The average molecular weight is 430 g/mol. The van der Waals surface area contributed by atoms with E-state index in [1.54, 1.807) is 23.0 Å². The molecule has 0 spiro atoms. The zero-order chi connectivity index (χ0) is 18.1. The van der Waals surface area contributed by atoms with Gasteiger partial charge in [0.1, 0.15) is 5.82 Å². The molecular weight excluding hydrogens is 414 g/mol. The summed E-state index contributed by atoms with van der Waals surface area (Å²) in [5.74, 6) is 1.67. The van der Waals surface area contributed by atoms with Crippen molar-refractivity contribution in [1.82, 2.24) is 14.8 Å². The summed E-state index contributed by atoms with van der Waals surface area (Å²) >= 11 is 0. The zero-order valence-corrected chi connectivity index (χ0v) is 15.9. The molecule has 27 heavy (non-hydrogen) atoms. The van der Waals surface area contributed by atoms with E-state index in [-0.39, 0.29) is 35.0 Å². The number of carbonyl (C=O) groups excluding carboxylic acids is 1. The first kappa shape index (κ1) is 18.8. The molecule has 1 aliphatic heterocycles. The van der Waals surface area contributed by atoms with Gasteiger partial charge in [0.05, 0.1) is 4.92 Å². The number of non-ortho nitro benzene ring substituents is 1. The van der Waals surface area contributed by atoms with Crippen LogP contribution in [0.2, 0.25) is 0 Å². The minimum atomic E-state index is -0.504. The van der Waals surface area contributed by atoms with Crippen molar-refractivity contribution in [2.75, 3.05) is 0 Å². The third-order valence-electron chi connectivity index (χ3n) is 4.46. The van der Waals surface area contributed by atoms with Gasteiger partial charge in [-0.3, -0.25) is 14.9 Å². The molecule has 0 aliphatic carbocycles. The molecule has 0 fully saturated rings. The Kier molecular flexibility index (Phi) is 5.41. The van der Waals surface area contributed by atoms with E-state index in [4.69, 9.17) is 0 Å². The Morgan fingerprint density at radius 2 is 2.00 bits per heavy atom. The van der Waals surface area contributed by atoms with E-state index in [9.17, 15) is 14.9 Å². The molecule has 0 radical (unpaired) electrons. The van der Waals surface area contributed by atoms with E-state index in [2.05, 4.69) is 14.8 Å². The lowest BCUT2D eigenvalue weighted by Crippen LogP contribution is -3.00. The molecule has 0 saturated carbocycles. The molecule has 1 aromatic carbocycles. The summed E-state index contributed by atoms with van der Waals surface area (Å²) < 4.78 is 3.86. The largest absolute Gasteiger partial charge is 1.00 e. The highest BCUT2D eigenvalue weighted by Crippen LogP contribution is 2.22. The van der Waals surface area contributed by atoms with Crippen LogP contribution in [-0.4, -0.2) is 25.5 Å². The maximum atomic E-state index is 12.4. The number of nitro benzene ring substituents is 1. The van der Waals surface area contributed by atoms with E-state index in [1.165, 1.54) is 18.2 Å². The Hall–Kier alpha value is -2.94. The standard InChI is InChI=1S/C18H16N5O3.BrH/c24-16(14-3-1-4-15(11-14)23(25)26)12-21-9-6-13(7-10-21)18-20-19-17-5-2-8-22(17)18;/h1,3-4,6-7,9-11H,2,5,8,12H2;1H/q+1;/p-1. The highest BCUT2D eigenvalue weighted by Gasteiger charge is 2.20. The fourth-order valence-electron chi connectivity index (χ4n) is 3.13. The van der Waals surface area contributed by atoms with Crippen LogP contribution in [0.1, 0.15) is 22.6 Å². The van der Waals surface area contributed by atoms with Gasteiger partial charge in [-0.1, -0.05) is 12.1 Å². The molecule has 3 aromatic rings. The second-order valence-corrected chi connectivity index (χ2v) is 6.18. The second-order valence-electron chi connectivity index (χ2n) is 6.18. The predicted molar refractivity (Wildman–Crippen MR) is 91.4 cm³/mol. The molecule has 0 unspecified atom stereocenters. The molecule has 1 aliphatic rings. The number of rotatable bonds is 5. The van der Waals surface area contributed by atoms with Crippen LogP contribution in [-0.2, 0) is 19.5 Å². The van der Waals surface area contributed by atoms with Crippen molar-refractivity contribution < 1.29 is 31.3 Å². The van der Waals surface area contributed by atoms with Crippen molar-refractivity contribution in [1.29, 1.82) is 0 Å². The lowest BCUT2D eigenvalue weighted by molar-refractivity contribution is -0.683. The average Bonchev–Trinajstić information content (AvgIpc) is 3.26. The normalized spacial score (nSPS) is 12.3. The predicted octanol–water partition coefficient (Wildman–Crippen LogP) is -1.03. The molecule has 2 aromatic heterocycles. The van der Waals surface area contributed by atoms with E-state index in [0.717, 1.165) is 36.6 Å². The first-order chi connectivity index (χ1) is 12.6. The van der Waals surface area contributed by atoms with Crippen LogP contribution >= 0.6 is 0 Å². The Morgan fingerprint density at radius 3 is 2.74 bits per heavy atom. The molecule has 4 rings (SSSR count). The molecule has 138 valence electrons. The number of halogens is 1. The fourth-order valence-corrected chi connectivity index (χ4v) is 3.13. The maximum Gasteiger partial charge on any atom is 0.270 e. The van der Waals surface area contributed by atoms with Crippen LogP contribution in [0.3, 0.4) is 0 Å². The molecule has 0 amide bonds. The topological polar surface area (TPSA) is 94.8 Å². The van der Waals surface area contributed by atoms with Gasteiger partial charge in [0.15, 0.2) is 18.2 Å². The summed E-state index contributed by atoms with van der Waals surface area (Å²) in [6.45, 7) is 1.04. The molecule has 0 bridgehead atoms. The number of hydrogen-bond acceptors (Lipinski definition) is 5. The van der Waals surface area contributed by atoms with Crippen LogP contribution in [0.25, 0.3) is 11.4 Å². The third-order valence-corrected chi connectivity index (χ3v) is 4.46. The molecular formula is C18H16BrN5O3. The Bertz CT molecular complexity index is 1000. The maximum absolute atomic E-state index is 12.4. The first-order valence-corrected chi connectivity index (χ1v) is 8.31. The van der Waals surface area contributed by atoms with Crippen molar-refractivity contribution in [3.63, 3.8) is 0 Å². The number of aromatic nitrogens is 4. The second kappa shape index (κ2) is 7.75. The summed E-state index contributed by atoms with van der Waals surface area (Å²) in [5.41, 5.74) is 1.19. The minimum absolute atomic E-state index is 0. The van der Waals surface area contributed by atoms with Gasteiger partial charge in [-0.2, -0.15) is 4.57 Å². The van der Waals surface area contributed by atoms with Gasteiger partial charge in [-0.05, 0) is 6.42 Å². The summed E-state index contributed by atoms with van der Waals surface area (Å²) in [5, 5.41) is 19.3. The van der Waals surface area contributed by atoms with Gasteiger partial charge < -0.3 is 21.5 Å². The van der Waals surface area contributed by atoms with Crippen molar-refractivity contribution in [2.24, 2.45) is 0 Å². The van der Waals surface area contributed by atoms with Crippen molar-refractivity contribution >= 4 is 11.5 Å². The third kappa shape index (κ3) is 3.77. The molecule has 0 atom stereocenters. The number of ketones is 1. The minimum Gasteiger partial charge on any atom is -1.00 e. The first-order valence-electron chi connectivity index (χ1n) is 8.31. The lowest BCUT2D eigenvalue weighted by atomic mass is 10.1. The zero-order valence-electron chi connectivity index (χ0n) is 14.3. The fraction of sp³-hybridized carbons (Fsp3) is 0.222. The molecule has 3 heterocycles. The molecule has 0 N–H and O–H groups in total. The molecule has 8 nitrogen and oxygen atoms in total. The number of nitro groups is 1. The van der Waals surface area contributed by atoms with Gasteiger partial charge in [0.25, 0.3) is 5.69 Å². The molecule has 9 heteroatoms. The van der Waals surface area contributed by atoms with Crippen LogP contribution in [0.4, 0.5) is 5.69 Å². The van der Waals surface area contributed by atoms with E-state index in [0.29, 0.717) is 5.56 Å². The Balaban J connectivity index is 0.00000210. The number of benzene rings is 1. The summed E-state index contributed by atoms with van der Waals surface area (Å²) in [6, 6.07) is 9.58. The number of pyridine rings is 1. The van der Waals surface area contributed by atoms with Crippen molar-refractivity contribution in [3.8, 4) is 11.4 Å². The van der Waals surface area contributed by atoms with Crippen LogP contribution in [0, 0.1) is 10.1 Å². The van der Waals surface area contributed by atoms with E-state index >= 15 is 0 Å². The number of fused-ring (bicyclic) bond motifs is 1. The monoisotopic (exact) mass is 429 g/mol. The lowest BCUT2D eigenvalue weighted by Gasteiger charge is -2.02. The van der Waals surface area contributed by atoms with E-state index in [1.807, 2.05) is 12.1 Å². The quantitative estimate of drug-likeness (QED) is 0.224. The number of carbonyl (C=O) groups is 1. The van der Waals surface area contributed by atoms with Crippen LogP contribution in [0.5, 0.6) is 0 Å². The number of Topliss-reactive ketones (excluding diaryl/α,β-unsaturated/α-hetero) is 1.